The van der Waals surface area contributed by atoms with E-state index < -0.39 is 17.8 Å². The summed E-state index contributed by atoms with van der Waals surface area (Å²) in [4.78, 5) is 25.3. The van der Waals surface area contributed by atoms with Gasteiger partial charge in [-0.3, -0.25) is 9.59 Å². The van der Waals surface area contributed by atoms with E-state index in [1.165, 1.54) is 16.9 Å². The van der Waals surface area contributed by atoms with Gasteiger partial charge in [-0.25, -0.2) is 0 Å². The Kier molecular flexibility index (Phi) is 6.39. The number of benzene rings is 1. The zero-order valence-corrected chi connectivity index (χ0v) is 17.8. The molecule has 1 saturated carbocycles. The van der Waals surface area contributed by atoms with Gasteiger partial charge >= 0.3 is 5.97 Å². The maximum Gasteiger partial charge on any atom is 0.307 e. The zero-order chi connectivity index (χ0) is 21.1. The summed E-state index contributed by atoms with van der Waals surface area (Å²) in [5, 5.41) is 22.6. The van der Waals surface area contributed by atoms with Crippen molar-refractivity contribution in [2.24, 2.45) is 11.8 Å². The average molecular weight is 411 g/mol. The number of carbonyl (C=O) groups is 2. The lowest BCUT2D eigenvalue weighted by molar-refractivity contribution is -0.147. The number of aryl methyl sites for hydroxylation is 1. The molecule has 3 rings (SSSR count). The first-order valence-electron chi connectivity index (χ1n) is 10.0. The Morgan fingerprint density at radius 1 is 1.17 bits per heavy atom. The van der Waals surface area contributed by atoms with Gasteiger partial charge < -0.3 is 10.4 Å². The predicted octanol–water partition coefficient (Wildman–Crippen LogP) is 5.55. The molecule has 1 aromatic carbocycles. The number of carbonyl (C=O) groups excluding carboxylic acids is 1. The van der Waals surface area contributed by atoms with Crippen LogP contribution in [0.25, 0.3) is 11.1 Å². The van der Waals surface area contributed by atoms with E-state index in [9.17, 15) is 20.0 Å². The van der Waals surface area contributed by atoms with Crippen LogP contribution in [0.5, 0.6) is 0 Å². The number of hydrogen-bond donors (Lipinski definition) is 2. The first-order valence-corrected chi connectivity index (χ1v) is 10.8. The molecule has 1 aliphatic rings. The standard InChI is InChI=1S/C23H26N2O3S/c1-13(2)15-8-10-16(11-9-15)20-14(3)29-22(19(20)12-24)25-21(26)17-6-4-5-7-18(17)23(27)28/h8-11,13,17-18H,4-7H2,1-3H3,(H,25,26)(H,27,28)/t17-,18-/m0/s1. The van der Waals surface area contributed by atoms with Crippen molar-refractivity contribution in [2.75, 3.05) is 5.32 Å². The summed E-state index contributed by atoms with van der Waals surface area (Å²) in [6.07, 6.45) is 2.77. The lowest BCUT2D eigenvalue weighted by Crippen LogP contribution is -2.36. The minimum atomic E-state index is -0.918. The van der Waals surface area contributed by atoms with Crippen LogP contribution >= 0.6 is 11.3 Å². The highest BCUT2D eigenvalue weighted by Gasteiger charge is 2.36. The Bertz CT molecular complexity index is 954. The van der Waals surface area contributed by atoms with Crippen molar-refractivity contribution in [1.29, 1.82) is 5.26 Å². The Morgan fingerprint density at radius 3 is 2.34 bits per heavy atom. The Balaban J connectivity index is 1.89. The number of nitrogens with zero attached hydrogens (tertiary/aromatic N) is 1. The van der Waals surface area contributed by atoms with Gasteiger partial charge in [0.25, 0.3) is 0 Å². The number of nitrogens with one attached hydrogen (secondary N) is 1. The quantitative estimate of drug-likeness (QED) is 0.676. The molecule has 0 bridgehead atoms. The summed E-state index contributed by atoms with van der Waals surface area (Å²) in [6.45, 7) is 6.21. The van der Waals surface area contributed by atoms with Crippen LogP contribution in [0.2, 0.25) is 0 Å². The molecule has 29 heavy (non-hydrogen) atoms. The van der Waals surface area contributed by atoms with Crippen molar-refractivity contribution in [3.8, 4) is 17.2 Å². The number of aliphatic carboxylic acids is 1. The highest BCUT2D eigenvalue weighted by Crippen LogP contribution is 2.40. The first-order chi connectivity index (χ1) is 13.8. The maximum absolute atomic E-state index is 12.9. The van der Waals surface area contributed by atoms with E-state index in [-0.39, 0.29) is 5.91 Å². The normalized spacial score (nSPS) is 19.0. The zero-order valence-electron chi connectivity index (χ0n) is 17.0. The second-order valence-electron chi connectivity index (χ2n) is 7.95. The Labute approximate surface area is 175 Å². The van der Waals surface area contributed by atoms with Crippen molar-refractivity contribution in [1.82, 2.24) is 0 Å². The van der Waals surface area contributed by atoms with Crippen molar-refractivity contribution in [3.63, 3.8) is 0 Å². The summed E-state index contributed by atoms with van der Waals surface area (Å²) >= 11 is 1.37. The third-order valence-corrected chi connectivity index (χ3v) is 6.74. The summed E-state index contributed by atoms with van der Waals surface area (Å²) in [6, 6.07) is 10.4. The molecule has 152 valence electrons. The maximum atomic E-state index is 12.9. The molecule has 2 atom stereocenters. The molecule has 2 aromatic rings. The molecule has 1 fully saturated rings. The second kappa shape index (κ2) is 8.79. The van der Waals surface area contributed by atoms with Gasteiger partial charge in [0.15, 0.2) is 0 Å². The third kappa shape index (κ3) is 4.35. The SMILES string of the molecule is Cc1sc(NC(=O)[C@H]2CCCC[C@@H]2C(=O)O)c(C#N)c1-c1ccc(C(C)C)cc1. The number of carboxylic acids is 1. The number of anilines is 1. The monoisotopic (exact) mass is 410 g/mol. The van der Waals surface area contributed by atoms with Crippen LogP contribution in [-0.4, -0.2) is 17.0 Å². The average Bonchev–Trinajstić information content (AvgIpc) is 3.02. The number of nitriles is 1. The lowest BCUT2D eigenvalue weighted by Gasteiger charge is -2.27. The van der Waals surface area contributed by atoms with E-state index in [0.717, 1.165) is 28.8 Å². The van der Waals surface area contributed by atoms with Gasteiger partial charge in [-0.15, -0.1) is 11.3 Å². The fraction of sp³-hybridized carbons (Fsp3) is 0.435. The van der Waals surface area contributed by atoms with Crippen LogP contribution in [0.15, 0.2) is 24.3 Å². The Morgan fingerprint density at radius 2 is 1.79 bits per heavy atom. The van der Waals surface area contributed by atoms with Crippen molar-refractivity contribution < 1.29 is 14.7 Å². The minimum absolute atomic E-state index is 0.295. The number of thiophene rings is 1. The molecular formula is C23H26N2O3S. The van der Waals surface area contributed by atoms with Crippen LogP contribution in [0.4, 0.5) is 5.00 Å². The molecule has 0 radical (unpaired) electrons. The van der Waals surface area contributed by atoms with Gasteiger partial charge in [0.05, 0.1) is 17.4 Å². The van der Waals surface area contributed by atoms with E-state index in [2.05, 4.69) is 37.4 Å². The molecule has 0 saturated heterocycles. The largest absolute Gasteiger partial charge is 0.481 e. The molecule has 1 aliphatic carbocycles. The van der Waals surface area contributed by atoms with Gasteiger partial charge in [0.1, 0.15) is 11.1 Å². The smallest absolute Gasteiger partial charge is 0.307 e. The summed E-state index contributed by atoms with van der Waals surface area (Å²) in [5.74, 6) is -1.99. The number of carboxylic acid groups (broad SMARTS) is 1. The Hall–Kier alpha value is -2.65. The molecular weight excluding hydrogens is 384 g/mol. The molecule has 2 N–H and O–H groups in total. The van der Waals surface area contributed by atoms with E-state index in [0.29, 0.717) is 29.3 Å². The van der Waals surface area contributed by atoms with Gasteiger partial charge in [-0.2, -0.15) is 5.26 Å². The predicted molar refractivity (Wildman–Crippen MR) is 115 cm³/mol. The van der Waals surface area contributed by atoms with Crippen molar-refractivity contribution in [2.45, 2.75) is 52.4 Å². The summed E-state index contributed by atoms with van der Waals surface area (Å²) in [7, 11) is 0. The van der Waals surface area contributed by atoms with Crippen LogP contribution in [0.3, 0.4) is 0 Å². The van der Waals surface area contributed by atoms with Crippen LogP contribution in [0, 0.1) is 30.1 Å². The van der Waals surface area contributed by atoms with E-state index in [1.807, 2.05) is 19.1 Å². The topological polar surface area (TPSA) is 90.2 Å². The van der Waals surface area contributed by atoms with Crippen LogP contribution in [0.1, 0.15) is 61.5 Å². The van der Waals surface area contributed by atoms with E-state index in [1.54, 1.807) is 0 Å². The van der Waals surface area contributed by atoms with Gasteiger partial charge in [0.2, 0.25) is 5.91 Å². The summed E-state index contributed by atoms with van der Waals surface area (Å²) in [5.41, 5.74) is 3.45. The van der Waals surface area contributed by atoms with Gasteiger partial charge in [0, 0.05) is 10.4 Å². The van der Waals surface area contributed by atoms with Crippen molar-refractivity contribution >= 4 is 28.2 Å². The molecule has 0 spiro atoms. The van der Waals surface area contributed by atoms with E-state index in [4.69, 9.17) is 0 Å². The number of hydrogen-bond acceptors (Lipinski definition) is 4. The fourth-order valence-corrected chi connectivity index (χ4v) is 5.10. The lowest BCUT2D eigenvalue weighted by atomic mass is 9.79. The molecule has 6 heteroatoms. The second-order valence-corrected chi connectivity index (χ2v) is 9.18. The highest BCUT2D eigenvalue weighted by atomic mass is 32.1. The molecule has 1 aromatic heterocycles. The van der Waals surface area contributed by atoms with Gasteiger partial charge in [-0.1, -0.05) is 51.0 Å². The van der Waals surface area contributed by atoms with Gasteiger partial charge in [-0.05, 0) is 36.8 Å². The molecule has 5 nitrogen and oxygen atoms in total. The molecule has 1 amide bonds. The first kappa shape index (κ1) is 21.1. The number of amides is 1. The van der Waals surface area contributed by atoms with Crippen LogP contribution in [-0.2, 0) is 9.59 Å². The summed E-state index contributed by atoms with van der Waals surface area (Å²) < 4.78 is 0. The molecule has 0 unspecified atom stereocenters. The third-order valence-electron chi connectivity index (χ3n) is 5.72. The minimum Gasteiger partial charge on any atom is -0.481 e. The molecule has 1 heterocycles. The van der Waals surface area contributed by atoms with Crippen molar-refractivity contribution in [3.05, 3.63) is 40.3 Å². The molecule has 0 aliphatic heterocycles. The van der Waals surface area contributed by atoms with E-state index >= 15 is 0 Å². The highest BCUT2D eigenvalue weighted by molar-refractivity contribution is 7.17. The van der Waals surface area contributed by atoms with Crippen LogP contribution < -0.4 is 5.32 Å². The fourth-order valence-electron chi connectivity index (χ4n) is 4.07. The number of rotatable bonds is 5.